The molecule has 2 aromatic heterocycles. The van der Waals surface area contributed by atoms with E-state index < -0.39 is 5.56 Å². The Kier molecular flexibility index (Phi) is 2.98. The van der Waals surface area contributed by atoms with Crippen molar-refractivity contribution < 1.29 is 5.11 Å². The summed E-state index contributed by atoms with van der Waals surface area (Å²) in [7, 11) is 0. The molecule has 0 fully saturated rings. The van der Waals surface area contributed by atoms with Crippen LogP contribution < -0.4 is 5.56 Å². The molecule has 2 N–H and O–H groups in total. The van der Waals surface area contributed by atoms with Crippen molar-refractivity contribution in [3.05, 3.63) is 49.5 Å². The number of pyridine rings is 1. The van der Waals surface area contributed by atoms with Crippen molar-refractivity contribution in [2.24, 2.45) is 0 Å². The summed E-state index contributed by atoms with van der Waals surface area (Å²) in [5.74, 6) is -0.114. The Labute approximate surface area is 126 Å². The molecule has 0 bridgehead atoms. The highest BCUT2D eigenvalue weighted by Gasteiger charge is 2.15. The van der Waals surface area contributed by atoms with Crippen LogP contribution in [-0.4, -0.2) is 19.9 Å². The molecular formula is C12H7ClIN3O2. The third-order valence-corrected chi connectivity index (χ3v) is 4.26. The number of aromatic hydroxyl groups is 1. The summed E-state index contributed by atoms with van der Waals surface area (Å²) in [6.45, 7) is 0. The van der Waals surface area contributed by atoms with Gasteiger partial charge in [-0.1, -0.05) is 11.6 Å². The summed E-state index contributed by atoms with van der Waals surface area (Å²) >= 11 is 8.07. The van der Waals surface area contributed by atoms with Gasteiger partial charge in [0, 0.05) is 21.4 Å². The minimum absolute atomic E-state index is 0.0932. The number of nitrogens with zero attached hydrogens (tertiary/aromatic N) is 2. The molecule has 3 aromatic rings. The van der Waals surface area contributed by atoms with Gasteiger partial charge in [0.25, 0.3) is 5.56 Å². The SMILES string of the molecule is O=c1[nH]c2cc(Cl)c(I)cc2c(O)c1-n1cccn1. The number of H-pyrrole nitrogens is 1. The van der Waals surface area contributed by atoms with Crippen LogP contribution >= 0.6 is 34.2 Å². The highest BCUT2D eigenvalue weighted by atomic mass is 127. The van der Waals surface area contributed by atoms with Crippen LogP contribution in [0.4, 0.5) is 0 Å². The van der Waals surface area contributed by atoms with Crippen LogP contribution in [0.15, 0.2) is 35.4 Å². The smallest absolute Gasteiger partial charge is 0.278 e. The molecule has 2 heterocycles. The van der Waals surface area contributed by atoms with Crippen molar-refractivity contribution in [2.45, 2.75) is 0 Å². The van der Waals surface area contributed by atoms with Crippen molar-refractivity contribution >= 4 is 45.1 Å². The number of aromatic amines is 1. The molecule has 0 aliphatic rings. The predicted molar refractivity (Wildman–Crippen MR) is 81.1 cm³/mol. The molecule has 1 aromatic carbocycles. The van der Waals surface area contributed by atoms with E-state index in [-0.39, 0.29) is 11.4 Å². The van der Waals surface area contributed by atoms with E-state index in [9.17, 15) is 9.90 Å². The zero-order valence-corrected chi connectivity index (χ0v) is 12.3. The summed E-state index contributed by atoms with van der Waals surface area (Å²) in [5.41, 5.74) is 0.158. The number of aromatic nitrogens is 3. The molecule has 3 rings (SSSR count). The van der Waals surface area contributed by atoms with Crippen LogP contribution in [0.2, 0.25) is 5.02 Å². The van der Waals surface area contributed by atoms with Crippen LogP contribution in [-0.2, 0) is 0 Å². The monoisotopic (exact) mass is 387 g/mol. The highest BCUT2D eigenvalue weighted by Crippen LogP contribution is 2.31. The summed E-state index contributed by atoms with van der Waals surface area (Å²) in [6, 6.07) is 5.01. The molecule has 5 nitrogen and oxygen atoms in total. The summed E-state index contributed by atoms with van der Waals surface area (Å²) in [4.78, 5) is 14.7. The lowest BCUT2D eigenvalue weighted by molar-refractivity contribution is 0.475. The number of hydrogen-bond donors (Lipinski definition) is 2. The van der Waals surface area contributed by atoms with Crippen molar-refractivity contribution in [1.29, 1.82) is 0 Å². The summed E-state index contributed by atoms with van der Waals surface area (Å²) in [6.07, 6.45) is 3.13. The number of hydrogen-bond acceptors (Lipinski definition) is 3. The third kappa shape index (κ3) is 2.00. The average Bonchev–Trinajstić information content (AvgIpc) is 2.86. The molecule has 7 heteroatoms. The van der Waals surface area contributed by atoms with Gasteiger partial charge in [-0.3, -0.25) is 4.79 Å². The second-order valence-electron chi connectivity index (χ2n) is 3.91. The van der Waals surface area contributed by atoms with Gasteiger partial charge in [0.15, 0.2) is 11.4 Å². The fraction of sp³-hybridized carbons (Fsp3) is 0. The number of rotatable bonds is 1. The van der Waals surface area contributed by atoms with Gasteiger partial charge < -0.3 is 10.1 Å². The molecule has 0 aliphatic heterocycles. The topological polar surface area (TPSA) is 70.9 Å². The Hall–Kier alpha value is -1.54. The quantitative estimate of drug-likeness (QED) is 0.631. The van der Waals surface area contributed by atoms with E-state index in [1.165, 1.54) is 10.9 Å². The zero-order chi connectivity index (χ0) is 13.6. The van der Waals surface area contributed by atoms with Crippen LogP contribution in [0.3, 0.4) is 0 Å². The number of fused-ring (bicyclic) bond motifs is 1. The lowest BCUT2D eigenvalue weighted by Gasteiger charge is -2.08. The molecule has 0 atom stereocenters. The first-order valence-corrected chi connectivity index (χ1v) is 6.77. The molecule has 0 aliphatic carbocycles. The van der Waals surface area contributed by atoms with Crippen molar-refractivity contribution in [1.82, 2.24) is 14.8 Å². The van der Waals surface area contributed by atoms with Crippen LogP contribution in [0.25, 0.3) is 16.6 Å². The largest absolute Gasteiger partial charge is 0.505 e. The van der Waals surface area contributed by atoms with Gasteiger partial charge in [0.1, 0.15) is 0 Å². The number of benzene rings is 1. The fourth-order valence-corrected chi connectivity index (χ4v) is 2.51. The van der Waals surface area contributed by atoms with Crippen LogP contribution in [0.5, 0.6) is 5.75 Å². The maximum atomic E-state index is 12.0. The van der Waals surface area contributed by atoms with E-state index in [0.29, 0.717) is 15.9 Å². The molecule has 0 spiro atoms. The van der Waals surface area contributed by atoms with E-state index in [2.05, 4.69) is 32.7 Å². The molecule has 0 unspecified atom stereocenters. The van der Waals surface area contributed by atoms with Gasteiger partial charge in [-0.2, -0.15) is 5.10 Å². The average molecular weight is 388 g/mol. The lowest BCUT2D eigenvalue weighted by Crippen LogP contribution is -2.15. The molecule has 0 radical (unpaired) electrons. The Morgan fingerprint density at radius 2 is 2.21 bits per heavy atom. The highest BCUT2D eigenvalue weighted by molar-refractivity contribution is 14.1. The van der Waals surface area contributed by atoms with Gasteiger partial charge in [-0.05, 0) is 40.8 Å². The second kappa shape index (κ2) is 4.53. The number of nitrogens with one attached hydrogen (secondary N) is 1. The standard InChI is InChI=1S/C12H7ClIN3O2/c13-7-5-9-6(4-8(7)14)11(18)10(12(19)16-9)17-3-1-2-15-17/h1-5H,(H2,16,18,19). The number of halogens is 2. The fourth-order valence-electron chi connectivity index (χ4n) is 1.88. The maximum absolute atomic E-state index is 12.0. The first-order chi connectivity index (χ1) is 9.08. The minimum Gasteiger partial charge on any atom is -0.505 e. The maximum Gasteiger partial charge on any atom is 0.278 e. The first-order valence-electron chi connectivity index (χ1n) is 5.32. The van der Waals surface area contributed by atoms with Crippen LogP contribution in [0.1, 0.15) is 0 Å². The summed E-state index contributed by atoms with van der Waals surface area (Å²) in [5, 5.41) is 15.3. The van der Waals surface area contributed by atoms with E-state index in [1.807, 2.05) is 0 Å². The third-order valence-electron chi connectivity index (χ3n) is 2.74. The molecular weight excluding hydrogens is 381 g/mol. The molecule has 0 saturated carbocycles. The Morgan fingerprint density at radius 3 is 2.89 bits per heavy atom. The molecule has 96 valence electrons. The van der Waals surface area contributed by atoms with Crippen molar-refractivity contribution in [3.8, 4) is 11.4 Å². The molecule has 19 heavy (non-hydrogen) atoms. The van der Waals surface area contributed by atoms with Gasteiger partial charge in [0.2, 0.25) is 0 Å². The van der Waals surface area contributed by atoms with E-state index in [0.717, 1.165) is 3.57 Å². The van der Waals surface area contributed by atoms with Gasteiger partial charge >= 0.3 is 0 Å². The van der Waals surface area contributed by atoms with Crippen molar-refractivity contribution in [3.63, 3.8) is 0 Å². The van der Waals surface area contributed by atoms with Gasteiger partial charge in [0.05, 0.1) is 10.5 Å². The summed E-state index contributed by atoms with van der Waals surface area (Å²) < 4.78 is 2.12. The Balaban J connectivity index is 2.43. The van der Waals surface area contributed by atoms with E-state index >= 15 is 0 Å². The zero-order valence-electron chi connectivity index (χ0n) is 9.39. The van der Waals surface area contributed by atoms with Gasteiger partial charge in [-0.25, -0.2) is 4.68 Å². The van der Waals surface area contributed by atoms with Crippen LogP contribution in [0, 0.1) is 3.57 Å². The lowest BCUT2D eigenvalue weighted by atomic mass is 10.2. The second-order valence-corrected chi connectivity index (χ2v) is 5.48. The minimum atomic E-state index is -0.425. The molecule has 0 saturated heterocycles. The first kappa shape index (κ1) is 12.5. The predicted octanol–water partition coefficient (Wildman–Crippen LogP) is 2.68. The normalized spacial score (nSPS) is 11.1. The molecule has 0 amide bonds. The Morgan fingerprint density at radius 1 is 1.42 bits per heavy atom. The Bertz CT molecular complexity index is 827. The van der Waals surface area contributed by atoms with E-state index in [1.54, 1.807) is 24.4 Å². The van der Waals surface area contributed by atoms with Gasteiger partial charge in [-0.15, -0.1) is 0 Å². The van der Waals surface area contributed by atoms with Crippen molar-refractivity contribution in [2.75, 3.05) is 0 Å². The van der Waals surface area contributed by atoms with E-state index in [4.69, 9.17) is 11.6 Å².